The zero-order valence-corrected chi connectivity index (χ0v) is 14.9. The third kappa shape index (κ3) is 3.74. The highest BCUT2D eigenvalue weighted by atomic mass is 35.5. The molecule has 1 aliphatic heterocycles. The molecule has 132 valence electrons. The van der Waals surface area contributed by atoms with Crippen molar-refractivity contribution < 1.29 is 9.47 Å². The van der Waals surface area contributed by atoms with Crippen molar-refractivity contribution in [2.24, 2.45) is 0 Å². The van der Waals surface area contributed by atoms with Gasteiger partial charge < -0.3 is 20.1 Å². The Bertz CT molecular complexity index is 954. The first-order valence-electron chi connectivity index (χ1n) is 7.71. The smallest absolute Gasteiger partial charge is 0.249 e. The number of anilines is 3. The van der Waals surface area contributed by atoms with Crippen LogP contribution >= 0.6 is 23.2 Å². The normalized spacial score (nSPS) is 12.1. The van der Waals surface area contributed by atoms with E-state index in [0.29, 0.717) is 34.0 Å². The fourth-order valence-electron chi connectivity index (χ4n) is 2.40. The van der Waals surface area contributed by atoms with Crippen LogP contribution in [0.4, 0.5) is 17.5 Å². The summed E-state index contributed by atoms with van der Waals surface area (Å²) in [5.74, 6) is 2.37. The fourth-order valence-corrected chi connectivity index (χ4v) is 2.74. The van der Waals surface area contributed by atoms with Crippen LogP contribution in [0.2, 0.25) is 10.0 Å². The average molecular weight is 390 g/mol. The van der Waals surface area contributed by atoms with Crippen molar-refractivity contribution in [2.45, 2.75) is 6.54 Å². The van der Waals surface area contributed by atoms with E-state index >= 15 is 0 Å². The van der Waals surface area contributed by atoms with Gasteiger partial charge in [-0.3, -0.25) is 0 Å². The lowest BCUT2D eigenvalue weighted by Gasteiger charge is -2.09. The summed E-state index contributed by atoms with van der Waals surface area (Å²) in [4.78, 5) is 4.37. The molecule has 2 aromatic carbocycles. The van der Waals surface area contributed by atoms with E-state index in [9.17, 15) is 0 Å². The van der Waals surface area contributed by atoms with E-state index in [-0.39, 0.29) is 6.79 Å². The second-order valence-corrected chi connectivity index (χ2v) is 6.30. The number of aromatic nitrogens is 3. The van der Waals surface area contributed by atoms with Gasteiger partial charge >= 0.3 is 0 Å². The Hall–Kier alpha value is -2.77. The summed E-state index contributed by atoms with van der Waals surface area (Å²) < 4.78 is 10.7. The van der Waals surface area contributed by atoms with Crippen LogP contribution in [0.1, 0.15) is 5.56 Å². The van der Waals surface area contributed by atoms with E-state index in [1.807, 2.05) is 18.2 Å². The van der Waals surface area contributed by atoms with Crippen LogP contribution in [0.3, 0.4) is 0 Å². The third-order valence-corrected chi connectivity index (χ3v) is 4.21. The zero-order chi connectivity index (χ0) is 17.9. The number of benzene rings is 2. The summed E-state index contributed by atoms with van der Waals surface area (Å²) in [6.45, 7) is 0.801. The molecule has 1 aromatic heterocycles. The lowest BCUT2D eigenvalue weighted by Crippen LogP contribution is -2.05. The molecule has 0 aliphatic carbocycles. The lowest BCUT2D eigenvalue weighted by atomic mass is 10.2. The molecule has 0 spiro atoms. The summed E-state index contributed by atoms with van der Waals surface area (Å²) in [5.41, 5.74) is 1.63. The van der Waals surface area contributed by atoms with Crippen LogP contribution in [-0.4, -0.2) is 22.0 Å². The van der Waals surface area contributed by atoms with Crippen LogP contribution in [0.15, 0.2) is 42.6 Å². The van der Waals surface area contributed by atoms with Crippen LogP contribution in [-0.2, 0) is 6.54 Å². The second-order valence-electron chi connectivity index (χ2n) is 5.46. The largest absolute Gasteiger partial charge is 0.454 e. The SMILES string of the molecule is Clc1ccc(Cl)c(Nc2nncc(NCc3ccc4c(c3)OCO4)n2)c1. The first-order valence-corrected chi connectivity index (χ1v) is 8.47. The molecule has 0 fully saturated rings. The van der Waals surface area contributed by atoms with Crippen molar-refractivity contribution in [3.05, 3.63) is 58.2 Å². The van der Waals surface area contributed by atoms with E-state index in [4.69, 9.17) is 32.7 Å². The van der Waals surface area contributed by atoms with Gasteiger partial charge in [0.05, 0.1) is 16.9 Å². The molecule has 2 heterocycles. The van der Waals surface area contributed by atoms with E-state index in [1.165, 1.54) is 6.20 Å². The maximum atomic E-state index is 6.14. The van der Waals surface area contributed by atoms with Gasteiger partial charge in [-0.05, 0) is 35.9 Å². The van der Waals surface area contributed by atoms with Crippen LogP contribution in [0.5, 0.6) is 11.5 Å². The molecule has 1 aliphatic rings. The number of halogens is 2. The maximum Gasteiger partial charge on any atom is 0.249 e. The molecular weight excluding hydrogens is 377 g/mol. The lowest BCUT2D eigenvalue weighted by molar-refractivity contribution is 0.174. The molecule has 26 heavy (non-hydrogen) atoms. The van der Waals surface area contributed by atoms with Crippen molar-refractivity contribution in [1.29, 1.82) is 0 Å². The monoisotopic (exact) mass is 389 g/mol. The van der Waals surface area contributed by atoms with Crippen molar-refractivity contribution >= 4 is 40.7 Å². The van der Waals surface area contributed by atoms with Crippen molar-refractivity contribution in [2.75, 3.05) is 17.4 Å². The maximum absolute atomic E-state index is 6.14. The molecule has 7 nitrogen and oxygen atoms in total. The molecule has 0 atom stereocenters. The molecule has 0 unspecified atom stereocenters. The standard InChI is InChI=1S/C17H13Cl2N5O2/c18-11-2-3-12(19)13(6-11)22-17-23-16(8-21-24-17)20-7-10-1-4-14-15(5-10)26-9-25-14/h1-6,8H,7,9H2,(H2,20,22,23,24). The van der Waals surface area contributed by atoms with Crippen molar-refractivity contribution in [3.63, 3.8) is 0 Å². The molecule has 0 saturated carbocycles. The van der Waals surface area contributed by atoms with Crippen LogP contribution in [0.25, 0.3) is 0 Å². The Balaban J connectivity index is 1.45. The number of hydrogen-bond donors (Lipinski definition) is 2. The molecule has 4 rings (SSSR count). The Kier molecular flexibility index (Phi) is 4.64. The molecule has 0 radical (unpaired) electrons. The Morgan fingerprint density at radius 2 is 1.92 bits per heavy atom. The topological polar surface area (TPSA) is 81.2 Å². The zero-order valence-electron chi connectivity index (χ0n) is 13.4. The van der Waals surface area contributed by atoms with Gasteiger partial charge in [0.15, 0.2) is 17.3 Å². The Labute approximate surface area is 159 Å². The summed E-state index contributed by atoms with van der Waals surface area (Å²) in [7, 11) is 0. The molecule has 0 bridgehead atoms. The average Bonchev–Trinajstić information content (AvgIpc) is 3.11. The number of fused-ring (bicyclic) bond motifs is 1. The molecule has 0 amide bonds. The van der Waals surface area contributed by atoms with Gasteiger partial charge in [-0.15, -0.1) is 5.10 Å². The molecular formula is C17H13Cl2N5O2. The van der Waals surface area contributed by atoms with E-state index in [2.05, 4.69) is 25.8 Å². The van der Waals surface area contributed by atoms with Gasteiger partial charge in [0, 0.05) is 11.6 Å². The number of rotatable bonds is 5. The predicted molar refractivity (Wildman–Crippen MR) is 99.5 cm³/mol. The number of nitrogens with zero attached hydrogens (tertiary/aromatic N) is 3. The van der Waals surface area contributed by atoms with Gasteiger partial charge in [0.2, 0.25) is 12.7 Å². The van der Waals surface area contributed by atoms with Gasteiger partial charge in [-0.25, -0.2) is 0 Å². The number of hydrogen-bond acceptors (Lipinski definition) is 7. The van der Waals surface area contributed by atoms with Crippen molar-refractivity contribution in [1.82, 2.24) is 15.2 Å². The van der Waals surface area contributed by atoms with E-state index in [1.54, 1.807) is 18.2 Å². The molecule has 9 heteroatoms. The van der Waals surface area contributed by atoms with Crippen LogP contribution < -0.4 is 20.1 Å². The van der Waals surface area contributed by atoms with Gasteiger partial charge in [0.1, 0.15) is 0 Å². The fraction of sp³-hybridized carbons (Fsp3) is 0.118. The van der Waals surface area contributed by atoms with Gasteiger partial charge in [-0.2, -0.15) is 10.1 Å². The first-order chi connectivity index (χ1) is 12.7. The predicted octanol–water partition coefficient (Wildman–Crippen LogP) is 4.26. The summed E-state index contributed by atoms with van der Waals surface area (Å²) in [5, 5.41) is 15.2. The Morgan fingerprint density at radius 1 is 1.04 bits per heavy atom. The molecule has 3 aromatic rings. The Morgan fingerprint density at radius 3 is 2.85 bits per heavy atom. The summed E-state index contributed by atoms with van der Waals surface area (Å²) in [6.07, 6.45) is 1.54. The minimum Gasteiger partial charge on any atom is -0.454 e. The summed E-state index contributed by atoms with van der Waals surface area (Å²) >= 11 is 12.1. The highest BCUT2D eigenvalue weighted by molar-refractivity contribution is 6.35. The van der Waals surface area contributed by atoms with E-state index in [0.717, 1.165) is 17.1 Å². The van der Waals surface area contributed by atoms with Gasteiger partial charge in [-0.1, -0.05) is 29.3 Å². The first kappa shape index (κ1) is 16.7. The number of nitrogens with one attached hydrogen (secondary N) is 2. The van der Waals surface area contributed by atoms with Crippen molar-refractivity contribution in [3.8, 4) is 11.5 Å². The van der Waals surface area contributed by atoms with E-state index < -0.39 is 0 Å². The molecule has 0 saturated heterocycles. The highest BCUT2D eigenvalue weighted by Crippen LogP contribution is 2.32. The molecule has 2 N–H and O–H groups in total. The summed E-state index contributed by atoms with van der Waals surface area (Å²) in [6, 6.07) is 10.9. The second kappa shape index (κ2) is 7.23. The number of ether oxygens (including phenoxy) is 2. The van der Waals surface area contributed by atoms with Gasteiger partial charge in [0.25, 0.3) is 0 Å². The highest BCUT2D eigenvalue weighted by Gasteiger charge is 2.13. The third-order valence-electron chi connectivity index (χ3n) is 3.64. The minimum absolute atomic E-state index is 0.253. The van der Waals surface area contributed by atoms with Crippen LogP contribution in [0, 0.1) is 0 Å². The quantitative estimate of drug-likeness (QED) is 0.674. The minimum atomic E-state index is 0.253.